The lowest BCUT2D eigenvalue weighted by molar-refractivity contribution is -0.157. The molecule has 0 radical (unpaired) electrons. The van der Waals surface area contributed by atoms with Crippen molar-refractivity contribution in [2.45, 2.75) is 57.7 Å². The van der Waals surface area contributed by atoms with Gasteiger partial charge in [-0.1, -0.05) is 31.4 Å². The molecule has 1 heterocycles. The van der Waals surface area contributed by atoms with Crippen LogP contribution in [0, 0.1) is 5.41 Å². The Balaban J connectivity index is 1.45. The maximum absolute atomic E-state index is 12.5. The van der Waals surface area contributed by atoms with Crippen LogP contribution < -0.4 is 4.74 Å². The molecule has 1 spiro atoms. The number of carbonyl (C=O) groups excluding carboxylic acids is 2. The Kier molecular flexibility index (Phi) is 6.50. The monoisotopic (exact) mass is 375 g/mol. The number of rotatable bonds is 7. The Labute approximate surface area is 160 Å². The number of hydrogen-bond acceptors (Lipinski definition) is 5. The second-order valence-corrected chi connectivity index (χ2v) is 7.83. The summed E-state index contributed by atoms with van der Waals surface area (Å²) in [5, 5.41) is 10.2. The number of ether oxygens (including phenoxy) is 2. The van der Waals surface area contributed by atoms with Crippen LogP contribution in [0.25, 0.3) is 0 Å². The molecule has 1 saturated carbocycles. The number of methoxy groups -OCH3 is 1. The summed E-state index contributed by atoms with van der Waals surface area (Å²) >= 11 is 0. The molecule has 1 aromatic rings. The molecule has 0 bridgehead atoms. The topological polar surface area (TPSA) is 76.1 Å². The molecule has 1 atom stereocenters. The maximum atomic E-state index is 12.5. The summed E-state index contributed by atoms with van der Waals surface area (Å²) in [7, 11) is 1.61. The van der Waals surface area contributed by atoms with Gasteiger partial charge in [0.1, 0.15) is 5.75 Å². The molecule has 148 valence electrons. The molecule has 0 aromatic heterocycles. The van der Waals surface area contributed by atoms with Gasteiger partial charge in [0, 0.05) is 12.8 Å². The van der Waals surface area contributed by atoms with Gasteiger partial charge in [-0.15, -0.1) is 0 Å². The number of nitrogens with zero attached hydrogens (tertiary/aromatic N) is 1. The van der Waals surface area contributed by atoms with E-state index in [2.05, 4.69) is 0 Å². The van der Waals surface area contributed by atoms with Crippen molar-refractivity contribution in [1.82, 2.24) is 4.90 Å². The molecule has 1 N–H and O–H groups in total. The van der Waals surface area contributed by atoms with E-state index in [4.69, 9.17) is 9.47 Å². The molecule has 6 nitrogen and oxygen atoms in total. The normalized spacial score (nSPS) is 20.7. The molecule has 1 saturated heterocycles. The van der Waals surface area contributed by atoms with Crippen LogP contribution in [0.4, 0.5) is 0 Å². The fourth-order valence-corrected chi connectivity index (χ4v) is 4.19. The van der Waals surface area contributed by atoms with Crippen LogP contribution in [0.3, 0.4) is 0 Å². The zero-order valence-electron chi connectivity index (χ0n) is 16.0. The summed E-state index contributed by atoms with van der Waals surface area (Å²) in [5.74, 6) is 0.473. The number of β-amino-alcohol motifs (C(OH)–C–C–N with tert-alkyl or cyclic N) is 1. The lowest BCUT2D eigenvalue weighted by Gasteiger charge is -2.42. The van der Waals surface area contributed by atoms with Gasteiger partial charge in [-0.05, 0) is 36.0 Å². The summed E-state index contributed by atoms with van der Waals surface area (Å²) in [6, 6.07) is 7.49. The van der Waals surface area contributed by atoms with Gasteiger partial charge in [0.05, 0.1) is 33.0 Å². The first-order valence-electron chi connectivity index (χ1n) is 9.73. The van der Waals surface area contributed by atoms with Gasteiger partial charge in [-0.25, -0.2) is 0 Å². The number of amides is 2. The Morgan fingerprint density at radius 2 is 1.70 bits per heavy atom. The Morgan fingerprint density at radius 1 is 1.07 bits per heavy atom. The number of carbonyl (C=O) groups is 2. The first-order valence-corrected chi connectivity index (χ1v) is 9.73. The molecule has 27 heavy (non-hydrogen) atoms. The van der Waals surface area contributed by atoms with Crippen LogP contribution in [0.1, 0.15) is 50.5 Å². The lowest BCUT2D eigenvalue weighted by atomic mass is 9.67. The highest BCUT2D eigenvalue weighted by atomic mass is 16.5. The summed E-state index contributed by atoms with van der Waals surface area (Å²) in [6.45, 7) is 0.441. The van der Waals surface area contributed by atoms with Gasteiger partial charge in [0.2, 0.25) is 11.8 Å². The molecular weight excluding hydrogens is 346 g/mol. The third kappa shape index (κ3) is 5.08. The van der Waals surface area contributed by atoms with Crippen molar-refractivity contribution in [1.29, 1.82) is 0 Å². The molecule has 1 unspecified atom stereocenters. The van der Waals surface area contributed by atoms with Gasteiger partial charge in [0.25, 0.3) is 0 Å². The summed E-state index contributed by atoms with van der Waals surface area (Å²) in [5.41, 5.74) is 0.839. The molecule has 1 aliphatic heterocycles. The molecule has 2 aliphatic rings. The maximum Gasteiger partial charge on any atom is 0.229 e. The average molecular weight is 375 g/mol. The molecule has 2 amide bonds. The smallest absolute Gasteiger partial charge is 0.229 e. The Morgan fingerprint density at radius 3 is 2.30 bits per heavy atom. The van der Waals surface area contributed by atoms with E-state index in [9.17, 15) is 14.7 Å². The number of imide groups is 1. The summed E-state index contributed by atoms with van der Waals surface area (Å²) in [6.07, 6.45) is 5.30. The van der Waals surface area contributed by atoms with Gasteiger partial charge in [0.15, 0.2) is 0 Å². The Bertz CT molecular complexity index is 631. The van der Waals surface area contributed by atoms with Crippen LogP contribution in [0.5, 0.6) is 5.75 Å². The second kappa shape index (κ2) is 8.85. The Hall–Kier alpha value is -1.92. The highest BCUT2D eigenvalue weighted by molar-refractivity contribution is 5.98. The third-order valence-corrected chi connectivity index (χ3v) is 5.70. The third-order valence-electron chi connectivity index (χ3n) is 5.70. The standard InChI is InChI=1S/C21H29NO5/c1-26-18-7-5-16(6-8-18)14-27-15-17(23)13-22-19(24)11-21(12-20(22)25)9-3-2-4-10-21/h5-8,17,23H,2-4,9-15H2,1H3. The minimum Gasteiger partial charge on any atom is -0.497 e. The van der Waals surface area contributed by atoms with Gasteiger partial charge in [-0.2, -0.15) is 0 Å². The van der Waals surface area contributed by atoms with E-state index < -0.39 is 6.10 Å². The van der Waals surface area contributed by atoms with E-state index in [1.54, 1.807) is 7.11 Å². The summed E-state index contributed by atoms with van der Waals surface area (Å²) in [4.78, 5) is 26.2. The second-order valence-electron chi connectivity index (χ2n) is 7.83. The number of benzene rings is 1. The zero-order chi connectivity index (χ0) is 19.3. The fourth-order valence-electron chi connectivity index (χ4n) is 4.19. The molecule has 6 heteroatoms. The van der Waals surface area contributed by atoms with E-state index in [1.807, 2.05) is 24.3 Å². The van der Waals surface area contributed by atoms with Gasteiger partial charge >= 0.3 is 0 Å². The fraction of sp³-hybridized carbons (Fsp3) is 0.619. The van der Waals surface area contributed by atoms with Crippen molar-refractivity contribution in [2.24, 2.45) is 5.41 Å². The highest BCUT2D eigenvalue weighted by Crippen LogP contribution is 2.45. The predicted molar refractivity (Wildman–Crippen MR) is 100 cm³/mol. The van der Waals surface area contributed by atoms with Crippen LogP contribution in [0.2, 0.25) is 0 Å². The molecular formula is C21H29NO5. The van der Waals surface area contributed by atoms with Crippen molar-refractivity contribution in [2.75, 3.05) is 20.3 Å². The molecule has 1 aromatic carbocycles. The minimum atomic E-state index is -0.878. The van der Waals surface area contributed by atoms with Crippen LogP contribution in [0.15, 0.2) is 24.3 Å². The number of hydrogen-bond donors (Lipinski definition) is 1. The number of aliphatic hydroxyl groups excluding tert-OH is 1. The minimum absolute atomic E-state index is 0.0103. The van der Waals surface area contributed by atoms with Crippen molar-refractivity contribution in [3.05, 3.63) is 29.8 Å². The van der Waals surface area contributed by atoms with Crippen molar-refractivity contribution in [3.8, 4) is 5.75 Å². The first-order chi connectivity index (χ1) is 13.0. The predicted octanol–water partition coefficient (Wildman–Crippen LogP) is 2.67. The largest absolute Gasteiger partial charge is 0.497 e. The SMILES string of the molecule is COc1ccc(COCC(O)CN2C(=O)CC3(CCCCC3)CC2=O)cc1. The van der Waals surface area contributed by atoms with E-state index in [1.165, 1.54) is 11.3 Å². The molecule has 3 rings (SSSR count). The first kappa shape index (κ1) is 19.8. The molecule has 1 aliphatic carbocycles. The van der Waals surface area contributed by atoms with E-state index in [0.717, 1.165) is 37.0 Å². The highest BCUT2D eigenvalue weighted by Gasteiger charge is 2.44. The number of likely N-dealkylation sites (tertiary alicyclic amines) is 1. The van der Waals surface area contributed by atoms with Gasteiger partial charge in [-0.3, -0.25) is 14.5 Å². The lowest BCUT2D eigenvalue weighted by Crippen LogP contribution is -2.51. The van der Waals surface area contributed by atoms with Crippen molar-refractivity contribution < 1.29 is 24.2 Å². The van der Waals surface area contributed by atoms with Crippen molar-refractivity contribution >= 4 is 11.8 Å². The summed E-state index contributed by atoms with van der Waals surface area (Å²) < 4.78 is 10.6. The van der Waals surface area contributed by atoms with Crippen LogP contribution in [-0.2, 0) is 20.9 Å². The number of aliphatic hydroxyl groups is 1. The molecule has 2 fully saturated rings. The van der Waals surface area contributed by atoms with Crippen molar-refractivity contribution in [3.63, 3.8) is 0 Å². The number of piperidine rings is 1. The quantitative estimate of drug-likeness (QED) is 0.742. The zero-order valence-corrected chi connectivity index (χ0v) is 16.0. The van der Waals surface area contributed by atoms with E-state index >= 15 is 0 Å². The van der Waals surface area contributed by atoms with Crippen LogP contribution >= 0.6 is 0 Å². The van der Waals surface area contributed by atoms with Crippen LogP contribution in [-0.4, -0.2) is 48.2 Å². The van der Waals surface area contributed by atoms with E-state index in [-0.39, 0.29) is 30.4 Å². The average Bonchev–Trinajstić information content (AvgIpc) is 2.66. The van der Waals surface area contributed by atoms with E-state index in [0.29, 0.717) is 19.4 Å². The van der Waals surface area contributed by atoms with Gasteiger partial charge < -0.3 is 14.6 Å².